The molecule has 0 amide bonds. The van der Waals surface area contributed by atoms with Gasteiger partial charge in [-0.15, -0.1) is 0 Å². The van der Waals surface area contributed by atoms with Crippen molar-refractivity contribution in [1.82, 2.24) is 19.9 Å². The molecule has 10 heteroatoms. The number of nitrogen functional groups attached to an aromatic ring is 1. The number of anilines is 1. The third-order valence-corrected chi connectivity index (χ3v) is 6.55. The highest BCUT2D eigenvalue weighted by atomic mass is 35.5. The lowest BCUT2D eigenvalue weighted by Gasteiger charge is -2.17. The number of hydrogen-bond acceptors (Lipinski definition) is 6. The average Bonchev–Trinajstić information content (AvgIpc) is 3.20. The number of aliphatic hydroxyl groups is 1. The minimum Gasteiger partial charge on any atom is -0.391 e. The van der Waals surface area contributed by atoms with Gasteiger partial charge in [0.15, 0.2) is 5.82 Å². The molecular weight excluding hydrogens is 390 g/mol. The standard InChI is InChI=1S/C17H18ClN5O3S/c18-11-8-9(27(25,26)23-13-2-1-3-15(13)24)4-5-10(11)12-6-7-14-16(20-12)17(19)22-21-14/h4-8,13,15,23-24H,1-3H2,(H3,19,21,22)/t13-,15-/m0/s1. The fourth-order valence-electron chi connectivity index (χ4n) is 3.28. The van der Waals surface area contributed by atoms with E-state index in [1.54, 1.807) is 18.2 Å². The van der Waals surface area contributed by atoms with Crippen LogP contribution in [0.1, 0.15) is 19.3 Å². The van der Waals surface area contributed by atoms with E-state index in [1.165, 1.54) is 12.1 Å². The zero-order chi connectivity index (χ0) is 19.2. The van der Waals surface area contributed by atoms with E-state index in [9.17, 15) is 13.5 Å². The summed E-state index contributed by atoms with van der Waals surface area (Å²) >= 11 is 6.34. The molecule has 1 aromatic carbocycles. The average molecular weight is 408 g/mol. The largest absolute Gasteiger partial charge is 0.391 e. The fourth-order valence-corrected chi connectivity index (χ4v) is 4.96. The number of hydrogen-bond donors (Lipinski definition) is 4. The van der Waals surface area contributed by atoms with Gasteiger partial charge in [-0.1, -0.05) is 11.6 Å². The van der Waals surface area contributed by atoms with Crippen molar-refractivity contribution in [1.29, 1.82) is 0 Å². The molecule has 8 nitrogen and oxygen atoms in total. The first-order valence-electron chi connectivity index (χ1n) is 8.46. The van der Waals surface area contributed by atoms with Gasteiger partial charge in [-0.3, -0.25) is 5.10 Å². The molecule has 0 spiro atoms. The number of pyridine rings is 1. The number of nitrogens with one attached hydrogen (secondary N) is 2. The van der Waals surface area contributed by atoms with Gasteiger partial charge in [-0.2, -0.15) is 5.10 Å². The second-order valence-electron chi connectivity index (χ2n) is 6.57. The molecule has 0 bridgehead atoms. The van der Waals surface area contributed by atoms with Gasteiger partial charge in [0.05, 0.1) is 27.2 Å². The van der Waals surface area contributed by atoms with Crippen LogP contribution in [0.5, 0.6) is 0 Å². The topological polar surface area (TPSA) is 134 Å². The number of fused-ring (bicyclic) bond motifs is 1. The van der Waals surface area contributed by atoms with Crippen LogP contribution in [0.2, 0.25) is 5.02 Å². The third-order valence-electron chi connectivity index (χ3n) is 4.75. The monoisotopic (exact) mass is 407 g/mol. The van der Waals surface area contributed by atoms with Gasteiger partial charge in [0.25, 0.3) is 0 Å². The van der Waals surface area contributed by atoms with Crippen LogP contribution in [0, 0.1) is 0 Å². The van der Waals surface area contributed by atoms with Crippen LogP contribution in [0.4, 0.5) is 5.82 Å². The summed E-state index contributed by atoms with van der Waals surface area (Å²) in [5, 5.41) is 16.8. The molecule has 2 aromatic heterocycles. The molecule has 4 rings (SSSR count). The van der Waals surface area contributed by atoms with Gasteiger partial charge in [0.2, 0.25) is 10.0 Å². The summed E-state index contributed by atoms with van der Waals surface area (Å²) in [6, 6.07) is 7.52. The Morgan fingerprint density at radius 3 is 2.78 bits per heavy atom. The van der Waals surface area contributed by atoms with Gasteiger partial charge in [-0.05, 0) is 49.6 Å². The number of rotatable bonds is 4. The zero-order valence-corrected chi connectivity index (χ0v) is 15.8. The number of aliphatic hydroxyl groups excluding tert-OH is 1. The minimum absolute atomic E-state index is 0.0410. The van der Waals surface area contributed by atoms with Crippen molar-refractivity contribution < 1.29 is 13.5 Å². The van der Waals surface area contributed by atoms with Gasteiger partial charge < -0.3 is 10.8 Å². The molecular formula is C17H18ClN5O3S. The molecule has 0 unspecified atom stereocenters. The summed E-state index contributed by atoms with van der Waals surface area (Å²) in [4.78, 5) is 4.49. The van der Waals surface area contributed by atoms with Gasteiger partial charge >= 0.3 is 0 Å². The van der Waals surface area contributed by atoms with Crippen LogP contribution in [-0.4, -0.2) is 40.9 Å². The van der Waals surface area contributed by atoms with Crippen molar-refractivity contribution in [2.45, 2.75) is 36.3 Å². The summed E-state index contributed by atoms with van der Waals surface area (Å²) in [7, 11) is -3.78. The second kappa shape index (κ2) is 6.75. The molecule has 1 fully saturated rings. The highest BCUT2D eigenvalue weighted by Gasteiger charge is 2.30. The first kappa shape index (κ1) is 18.2. The Bertz CT molecular complexity index is 1110. The first-order chi connectivity index (χ1) is 12.8. The molecule has 142 valence electrons. The molecule has 0 saturated heterocycles. The Hall–Kier alpha value is -2.20. The van der Waals surface area contributed by atoms with Crippen LogP contribution < -0.4 is 10.5 Å². The van der Waals surface area contributed by atoms with E-state index >= 15 is 0 Å². The maximum Gasteiger partial charge on any atom is 0.240 e. The van der Waals surface area contributed by atoms with Gasteiger partial charge in [0, 0.05) is 11.6 Å². The molecule has 1 aliphatic rings. The smallest absolute Gasteiger partial charge is 0.240 e. The maximum absolute atomic E-state index is 12.6. The Morgan fingerprint density at radius 2 is 2.07 bits per heavy atom. The Kier molecular flexibility index (Phi) is 4.55. The SMILES string of the molecule is Nc1n[nH]c2ccc(-c3ccc(S(=O)(=O)N[C@H]4CCC[C@@H]4O)cc3Cl)nc12. The number of halogens is 1. The predicted octanol–water partition coefficient (Wildman–Crippen LogP) is 2.05. The molecule has 1 aliphatic carbocycles. The summed E-state index contributed by atoms with van der Waals surface area (Å²) < 4.78 is 27.7. The van der Waals surface area contributed by atoms with Crippen LogP contribution in [0.25, 0.3) is 22.3 Å². The van der Waals surface area contributed by atoms with Crippen LogP contribution in [-0.2, 0) is 10.0 Å². The summed E-state index contributed by atoms with van der Waals surface area (Å²) in [5.74, 6) is 0.279. The van der Waals surface area contributed by atoms with Crippen molar-refractivity contribution in [3.8, 4) is 11.3 Å². The molecule has 27 heavy (non-hydrogen) atoms. The normalized spacial score (nSPS) is 20.4. The van der Waals surface area contributed by atoms with E-state index in [0.29, 0.717) is 35.1 Å². The zero-order valence-electron chi connectivity index (χ0n) is 14.2. The van der Waals surface area contributed by atoms with E-state index in [0.717, 1.165) is 6.42 Å². The molecule has 3 aromatic rings. The van der Waals surface area contributed by atoms with Crippen LogP contribution in [0.3, 0.4) is 0 Å². The highest BCUT2D eigenvalue weighted by Crippen LogP contribution is 2.31. The summed E-state index contributed by atoms with van der Waals surface area (Å²) in [6.45, 7) is 0. The number of aromatic nitrogens is 3. The molecule has 2 heterocycles. The number of nitrogens with two attached hydrogens (primary N) is 1. The maximum atomic E-state index is 12.6. The number of H-pyrrole nitrogens is 1. The van der Waals surface area contributed by atoms with E-state index in [2.05, 4.69) is 19.9 Å². The Morgan fingerprint density at radius 1 is 1.26 bits per heavy atom. The van der Waals surface area contributed by atoms with Gasteiger partial charge in [0.1, 0.15) is 5.52 Å². The molecule has 2 atom stereocenters. The number of aromatic amines is 1. The molecule has 1 saturated carbocycles. The first-order valence-corrected chi connectivity index (χ1v) is 10.3. The lowest BCUT2D eigenvalue weighted by atomic mass is 10.1. The molecule has 5 N–H and O–H groups in total. The number of nitrogens with zero attached hydrogens (tertiary/aromatic N) is 2. The van der Waals surface area contributed by atoms with E-state index < -0.39 is 22.2 Å². The highest BCUT2D eigenvalue weighted by molar-refractivity contribution is 7.89. The van der Waals surface area contributed by atoms with Crippen LogP contribution in [0.15, 0.2) is 35.2 Å². The van der Waals surface area contributed by atoms with Crippen molar-refractivity contribution in [2.24, 2.45) is 0 Å². The van der Waals surface area contributed by atoms with Crippen molar-refractivity contribution in [3.63, 3.8) is 0 Å². The Labute approximate surface area is 160 Å². The van der Waals surface area contributed by atoms with Crippen molar-refractivity contribution >= 4 is 38.5 Å². The van der Waals surface area contributed by atoms with E-state index in [-0.39, 0.29) is 15.7 Å². The molecule has 0 radical (unpaired) electrons. The number of sulfonamides is 1. The number of benzene rings is 1. The minimum atomic E-state index is -3.78. The lowest BCUT2D eigenvalue weighted by molar-refractivity contribution is 0.159. The summed E-state index contributed by atoms with van der Waals surface area (Å²) in [5.41, 5.74) is 8.15. The third kappa shape index (κ3) is 3.39. The van der Waals surface area contributed by atoms with Crippen molar-refractivity contribution in [3.05, 3.63) is 35.4 Å². The quantitative estimate of drug-likeness (QED) is 0.523. The van der Waals surface area contributed by atoms with Crippen LogP contribution >= 0.6 is 11.6 Å². The van der Waals surface area contributed by atoms with E-state index in [4.69, 9.17) is 17.3 Å². The fraction of sp³-hybridized carbons (Fsp3) is 0.294. The molecule has 0 aliphatic heterocycles. The summed E-state index contributed by atoms with van der Waals surface area (Å²) in [6.07, 6.45) is 1.34. The van der Waals surface area contributed by atoms with Crippen molar-refractivity contribution in [2.75, 3.05) is 5.73 Å². The van der Waals surface area contributed by atoms with E-state index in [1.807, 2.05) is 0 Å². The Balaban J connectivity index is 1.66. The van der Waals surface area contributed by atoms with Gasteiger partial charge in [-0.25, -0.2) is 18.1 Å². The second-order valence-corrected chi connectivity index (χ2v) is 8.69. The predicted molar refractivity (Wildman–Crippen MR) is 103 cm³/mol. The lowest BCUT2D eigenvalue weighted by Crippen LogP contribution is -2.39.